The fraction of sp³-hybridized carbons (Fsp3) is 0.538. The highest BCUT2D eigenvalue weighted by Crippen LogP contribution is 2.21. The first-order valence-electron chi connectivity index (χ1n) is 5.95. The van der Waals surface area contributed by atoms with E-state index in [1.54, 1.807) is 7.11 Å². The molecule has 0 aromatic heterocycles. The summed E-state index contributed by atoms with van der Waals surface area (Å²) in [5.41, 5.74) is 1.22. The second-order valence-corrected chi connectivity index (χ2v) is 5.50. The lowest BCUT2D eigenvalue weighted by atomic mass is 10.2. The largest absolute Gasteiger partial charge is 0.383 e. The summed E-state index contributed by atoms with van der Waals surface area (Å²) >= 11 is 9.41. The van der Waals surface area contributed by atoms with Gasteiger partial charge in [-0.3, -0.25) is 0 Å². The van der Waals surface area contributed by atoms with Gasteiger partial charge in [0.2, 0.25) is 0 Å². The number of nitrogens with one attached hydrogen (secondary N) is 1. The van der Waals surface area contributed by atoms with E-state index in [-0.39, 0.29) is 0 Å². The molecule has 0 heterocycles. The molecular formula is C13H20BrClN2O. The summed E-state index contributed by atoms with van der Waals surface area (Å²) in [5.74, 6) is 0. The monoisotopic (exact) mass is 334 g/mol. The van der Waals surface area contributed by atoms with Crippen LogP contribution in [0.25, 0.3) is 0 Å². The highest BCUT2D eigenvalue weighted by atomic mass is 79.9. The van der Waals surface area contributed by atoms with Crippen molar-refractivity contribution in [2.24, 2.45) is 0 Å². The SMILES string of the molecule is COCCN(C)CCNCc1ccc(Cl)cc1Br. The van der Waals surface area contributed by atoms with Crippen LogP contribution >= 0.6 is 27.5 Å². The van der Waals surface area contributed by atoms with E-state index in [9.17, 15) is 0 Å². The van der Waals surface area contributed by atoms with Crippen molar-refractivity contribution >= 4 is 27.5 Å². The topological polar surface area (TPSA) is 24.5 Å². The molecule has 0 aliphatic carbocycles. The summed E-state index contributed by atoms with van der Waals surface area (Å²) in [4.78, 5) is 2.24. The van der Waals surface area contributed by atoms with Crippen LogP contribution in [0.2, 0.25) is 5.02 Å². The van der Waals surface area contributed by atoms with Gasteiger partial charge in [-0.15, -0.1) is 0 Å². The smallest absolute Gasteiger partial charge is 0.0589 e. The van der Waals surface area contributed by atoms with E-state index >= 15 is 0 Å². The number of likely N-dealkylation sites (N-methyl/N-ethyl adjacent to an activating group) is 1. The molecule has 1 rings (SSSR count). The van der Waals surface area contributed by atoms with Crippen LogP contribution in [0.3, 0.4) is 0 Å². The third-order valence-electron chi connectivity index (χ3n) is 2.68. The molecule has 0 amide bonds. The molecule has 0 fully saturated rings. The molecule has 0 bridgehead atoms. The fourth-order valence-electron chi connectivity index (χ4n) is 1.52. The Morgan fingerprint density at radius 2 is 2.17 bits per heavy atom. The van der Waals surface area contributed by atoms with Crippen LogP contribution in [0.5, 0.6) is 0 Å². The number of ether oxygens (including phenoxy) is 1. The summed E-state index contributed by atoms with van der Waals surface area (Å²) in [6, 6.07) is 5.87. The Labute approximate surface area is 123 Å². The van der Waals surface area contributed by atoms with Gasteiger partial charge in [-0.2, -0.15) is 0 Å². The van der Waals surface area contributed by atoms with Crippen molar-refractivity contribution in [3.05, 3.63) is 33.3 Å². The molecule has 0 saturated heterocycles. The van der Waals surface area contributed by atoms with Gasteiger partial charge >= 0.3 is 0 Å². The van der Waals surface area contributed by atoms with Crippen molar-refractivity contribution < 1.29 is 4.74 Å². The molecule has 3 nitrogen and oxygen atoms in total. The van der Waals surface area contributed by atoms with Crippen LogP contribution in [-0.4, -0.2) is 45.3 Å². The Hall–Kier alpha value is -0.130. The minimum Gasteiger partial charge on any atom is -0.383 e. The molecule has 102 valence electrons. The van der Waals surface area contributed by atoms with Crippen LogP contribution in [0.1, 0.15) is 5.56 Å². The van der Waals surface area contributed by atoms with Crippen LogP contribution in [0.4, 0.5) is 0 Å². The molecular weight excluding hydrogens is 316 g/mol. The molecule has 1 aromatic carbocycles. The molecule has 0 atom stereocenters. The molecule has 0 unspecified atom stereocenters. The molecule has 5 heteroatoms. The predicted octanol–water partition coefficient (Wildman–Crippen LogP) is 2.77. The van der Waals surface area contributed by atoms with Crippen molar-refractivity contribution in [3.8, 4) is 0 Å². The summed E-state index contributed by atoms with van der Waals surface area (Å²) in [6.45, 7) is 4.54. The van der Waals surface area contributed by atoms with Gasteiger partial charge in [0.25, 0.3) is 0 Å². The van der Waals surface area contributed by atoms with Crippen molar-refractivity contribution in [2.45, 2.75) is 6.54 Å². The van der Waals surface area contributed by atoms with Crippen LogP contribution in [0.15, 0.2) is 22.7 Å². The van der Waals surface area contributed by atoms with Crippen LogP contribution < -0.4 is 5.32 Å². The summed E-state index contributed by atoms with van der Waals surface area (Å²) < 4.78 is 6.09. The quantitative estimate of drug-likeness (QED) is 0.739. The summed E-state index contributed by atoms with van der Waals surface area (Å²) in [7, 11) is 3.82. The van der Waals surface area contributed by atoms with Gasteiger partial charge < -0.3 is 15.0 Å². The minimum absolute atomic E-state index is 0.755. The van der Waals surface area contributed by atoms with E-state index in [1.807, 2.05) is 18.2 Å². The zero-order chi connectivity index (χ0) is 13.4. The van der Waals surface area contributed by atoms with E-state index in [0.29, 0.717) is 0 Å². The van der Waals surface area contributed by atoms with Gasteiger partial charge in [0.1, 0.15) is 0 Å². The number of methoxy groups -OCH3 is 1. The van der Waals surface area contributed by atoms with Crippen LogP contribution in [0, 0.1) is 0 Å². The second-order valence-electron chi connectivity index (χ2n) is 4.21. The number of halogens is 2. The Balaban J connectivity index is 2.21. The van der Waals surface area contributed by atoms with Gasteiger partial charge in [-0.1, -0.05) is 33.6 Å². The lowest BCUT2D eigenvalue weighted by Gasteiger charge is -2.16. The maximum Gasteiger partial charge on any atom is 0.0589 e. The van der Waals surface area contributed by atoms with Crippen molar-refractivity contribution in [1.82, 2.24) is 10.2 Å². The van der Waals surface area contributed by atoms with E-state index in [1.165, 1.54) is 5.56 Å². The number of rotatable bonds is 8. The molecule has 18 heavy (non-hydrogen) atoms. The van der Waals surface area contributed by atoms with Gasteiger partial charge in [-0.05, 0) is 24.7 Å². The average Bonchev–Trinajstić information content (AvgIpc) is 2.34. The third-order valence-corrected chi connectivity index (χ3v) is 3.65. The zero-order valence-electron chi connectivity index (χ0n) is 10.9. The second kappa shape index (κ2) is 8.88. The maximum atomic E-state index is 5.90. The first-order chi connectivity index (χ1) is 8.63. The Bertz CT molecular complexity index is 363. The number of hydrogen-bond acceptors (Lipinski definition) is 3. The highest BCUT2D eigenvalue weighted by molar-refractivity contribution is 9.10. The first kappa shape index (κ1) is 15.9. The number of hydrogen-bond donors (Lipinski definition) is 1. The molecule has 0 saturated carbocycles. The molecule has 0 spiro atoms. The molecule has 0 aliphatic rings. The normalized spacial score (nSPS) is 11.2. The third kappa shape index (κ3) is 6.16. The lowest BCUT2D eigenvalue weighted by molar-refractivity contribution is 0.161. The highest BCUT2D eigenvalue weighted by Gasteiger charge is 2.01. The van der Waals surface area contributed by atoms with E-state index in [2.05, 4.69) is 33.2 Å². The predicted molar refractivity (Wildman–Crippen MR) is 80.2 cm³/mol. The Morgan fingerprint density at radius 3 is 2.83 bits per heavy atom. The van der Waals surface area contributed by atoms with Crippen molar-refractivity contribution in [1.29, 1.82) is 0 Å². The zero-order valence-corrected chi connectivity index (χ0v) is 13.2. The lowest BCUT2D eigenvalue weighted by Crippen LogP contribution is -2.31. The van der Waals surface area contributed by atoms with E-state index in [4.69, 9.17) is 16.3 Å². The Morgan fingerprint density at radius 1 is 1.39 bits per heavy atom. The van der Waals surface area contributed by atoms with E-state index < -0.39 is 0 Å². The molecule has 0 radical (unpaired) electrons. The Kier molecular flexibility index (Phi) is 7.86. The summed E-state index contributed by atoms with van der Waals surface area (Å²) in [6.07, 6.45) is 0. The maximum absolute atomic E-state index is 5.90. The molecule has 1 N–H and O–H groups in total. The first-order valence-corrected chi connectivity index (χ1v) is 7.12. The molecule has 1 aromatic rings. The van der Waals surface area contributed by atoms with Crippen molar-refractivity contribution in [3.63, 3.8) is 0 Å². The van der Waals surface area contributed by atoms with Gasteiger partial charge in [0, 0.05) is 42.8 Å². The van der Waals surface area contributed by atoms with Crippen molar-refractivity contribution in [2.75, 3.05) is 40.4 Å². The van der Waals surface area contributed by atoms with Gasteiger partial charge in [0.15, 0.2) is 0 Å². The van der Waals surface area contributed by atoms with Gasteiger partial charge in [0.05, 0.1) is 6.61 Å². The molecule has 0 aliphatic heterocycles. The van der Waals surface area contributed by atoms with E-state index in [0.717, 1.165) is 42.3 Å². The minimum atomic E-state index is 0.755. The number of benzene rings is 1. The summed E-state index contributed by atoms with van der Waals surface area (Å²) in [5, 5.41) is 4.17. The van der Waals surface area contributed by atoms with Gasteiger partial charge in [-0.25, -0.2) is 0 Å². The fourth-order valence-corrected chi connectivity index (χ4v) is 2.34. The standard InChI is InChI=1S/C13H20BrClN2O/c1-17(7-8-18-2)6-5-16-10-11-3-4-12(15)9-13(11)14/h3-4,9,16H,5-8,10H2,1-2H3. The number of nitrogens with zero attached hydrogens (tertiary/aromatic N) is 1. The van der Waals surface area contributed by atoms with Crippen LogP contribution in [-0.2, 0) is 11.3 Å². The average molecular weight is 336 g/mol.